The van der Waals surface area contributed by atoms with Crippen LogP contribution in [0, 0.1) is 5.82 Å². The Morgan fingerprint density at radius 3 is 2.81 bits per heavy atom. The Morgan fingerprint density at radius 2 is 2.07 bits per heavy atom. The molecule has 27 heavy (non-hydrogen) atoms. The van der Waals surface area contributed by atoms with Gasteiger partial charge in [0.15, 0.2) is 0 Å². The topological polar surface area (TPSA) is 54.5 Å². The normalized spacial score (nSPS) is 11.0. The number of methoxy groups -OCH3 is 1. The minimum Gasteiger partial charge on any atom is -0.497 e. The molecular formula is C20H19ClFN3O2. The number of likely N-dealkylation sites (N-methyl/N-ethyl adjacent to an activating group) is 1. The van der Waals surface area contributed by atoms with Gasteiger partial charge in [0.1, 0.15) is 16.7 Å². The molecule has 0 aliphatic carbocycles. The lowest BCUT2D eigenvalue weighted by Crippen LogP contribution is -2.30. The molecule has 0 bridgehead atoms. The molecule has 0 saturated heterocycles. The summed E-state index contributed by atoms with van der Waals surface area (Å²) in [5.74, 6) is 0.0782. The molecule has 0 aliphatic heterocycles. The lowest BCUT2D eigenvalue weighted by molar-refractivity contribution is -0.117. The molecule has 0 fully saturated rings. The van der Waals surface area contributed by atoms with Crippen LogP contribution in [0.5, 0.6) is 5.75 Å². The van der Waals surface area contributed by atoms with Gasteiger partial charge in [-0.1, -0.05) is 17.7 Å². The molecular weight excluding hydrogens is 369 g/mol. The molecule has 0 atom stereocenters. The standard InChI is InChI=1S/C20H19ClFN3O2/c1-25(12-19(26)23-16-5-3-4-15(22)9-16)11-14-8-13-6-7-17(27-2)10-18(13)24-20(14)21/h3-10H,11-12H2,1-2H3,(H,23,26). The Labute approximate surface area is 161 Å². The maximum atomic E-state index is 13.2. The summed E-state index contributed by atoms with van der Waals surface area (Å²) >= 11 is 6.31. The lowest BCUT2D eigenvalue weighted by Gasteiger charge is -2.17. The van der Waals surface area contributed by atoms with Crippen molar-refractivity contribution in [1.29, 1.82) is 0 Å². The van der Waals surface area contributed by atoms with E-state index in [1.165, 1.54) is 12.1 Å². The number of nitrogens with zero attached hydrogens (tertiary/aromatic N) is 2. The minimum atomic E-state index is -0.396. The summed E-state index contributed by atoms with van der Waals surface area (Å²) in [5, 5.41) is 3.99. The second kappa shape index (κ2) is 8.33. The zero-order chi connectivity index (χ0) is 19.4. The van der Waals surface area contributed by atoms with E-state index in [-0.39, 0.29) is 12.5 Å². The van der Waals surface area contributed by atoms with Gasteiger partial charge in [0.2, 0.25) is 5.91 Å². The minimum absolute atomic E-state index is 0.132. The highest BCUT2D eigenvalue weighted by atomic mass is 35.5. The summed E-state index contributed by atoms with van der Waals surface area (Å²) in [7, 11) is 3.40. The lowest BCUT2D eigenvalue weighted by atomic mass is 10.1. The summed E-state index contributed by atoms with van der Waals surface area (Å²) in [6, 6.07) is 13.3. The van der Waals surface area contributed by atoms with E-state index in [4.69, 9.17) is 16.3 Å². The maximum absolute atomic E-state index is 13.2. The number of halogens is 2. The first kappa shape index (κ1) is 19.1. The van der Waals surface area contributed by atoms with Crippen molar-refractivity contribution in [2.24, 2.45) is 0 Å². The number of anilines is 1. The first-order valence-corrected chi connectivity index (χ1v) is 8.69. The molecule has 5 nitrogen and oxygen atoms in total. The number of carbonyl (C=O) groups is 1. The van der Waals surface area contributed by atoms with Crippen molar-refractivity contribution in [3.8, 4) is 5.75 Å². The molecule has 1 heterocycles. The van der Waals surface area contributed by atoms with E-state index >= 15 is 0 Å². The fourth-order valence-electron chi connectivity index (χ4n) is 2.76. The molecule has 0 radical (unpaired) electrons. The van der Waals surface area contributed by atoms with Gasteiger partial charge in [0.25, 0.3) is 0 Å². The van der Waals surface area contributed by atoms with E-state index < -0.39 is 5.82 Å². The Hall–Kier alpha value is -2.70. The fraction of sp³-hybridized carbons (Fsp3) is 0.200. The average molecular weight is 388 g/mol. The van der Waals surface area contributed by atoms with Crippen LogP contribution in [0.25, 0.3) is 10.9 Å². The molecule has 1 amide bonds. The second-order valence-electron chi connectivity index (χ2n) is 6.23. The summed E-state index contributed by atoms with van der Waals surface area (Å²) in [4.78, 5) is 18.4. The number of nitrogens with one attached hydrogen (secondary N) is 1. The number of ether oxygens (including phenoxy) is 1. The van der Waals surface area contributed by atoms with E-state index in [0.717, 1.165) is 16.5 Å². The van der Waals surface area contributed by atoms with Crippen LogP contribution in [0.4, 0.5) is 10.1 Å². The molecule has 3 aromatic rings. The van der Waals surface area contributed by atoms with Crippen LogP contribution >= 0.6 is 11.6 Å². The van der Waals surface area contributed by atoms with Crippen molar-refractivity contribution in [2.45, 2.75) is 6.54 Å². The van der Waals surface area contributed by atoms with Gasteiger partial charge in [0, 0.05) is 29.2 Å². The third kappa shape index (κ3) is 4.93. The first-order valence-electron chi connectivity index (χ1n) is 8.32. The number of fused-ring (bicyclic) bond motifs is 1. The number of rotatable bonds is 6. The SMILES string of the molecule is COc1ccc2cc(CN(C)CC(=O)Nc3cccc(F)c3)c(Cl)nc2c1. The Kier molecular flexibility index (Phi) is 5.88. The van der Waals surface area contributed by atoms with Gasteiger partial charge in [-0.3, -0.25) is 9.69 Å². The monoisotopic (exact) mass is 387 g/mol. The second-order valence-corrected chi connectivity index (χ2v) is 6.59. The smallest absolute Gasteiger partial charge is 0.238 e. The quantitative estimate of drug-likeness (QED) is 0.647. The number of pyridine rings is 1. The molecule has 140 valence electrons. The highest BCUT2D eigenvalue weighted by Gasteiger charge is 2.12. The number of amides is 1. The van der Waals surface area contributed by atoms with Crippen molar-refractivity contribution in [2.75, 3.05) is 26.0 Å². The molecule has 0 saturated carbocycles. The first-order chi connectivity index (χ1) is 12.9. The zero-order valence-electron chi connectivity index (χ0n) is 15.0. The van der Waals surface area contributed by atoms with E-state index in [9.17, 15) is 9.18 Å². The highest BCUT2D eigenvalue weighted by molar-refractivity contribution is 6.30. The van der Waals surface area contributed by atoms with Crippen LogP contribution in [0.15, 0.2) is 48.5 Å². The van der Waals surface area contributed by atoms with Crippen molar-refractivity contribution < 1.29 is 13.9 Å². The summed E-state index contributed by atoms with van der Waals surface area (Å²) in [5.41, 5.74) is 1.98. The van der Waals surface area contributed by atoms with Gasteiger partial charge in [-0.25, -0.2) is 9.37 Å². The predicted molar refractivity (Wildman–Crippen MR) is 105 cm³/mol. The molecule has 3 rings (SSSR count). The molecule has 1 aromatic heterocycles. The Bertz CT molecular complexity index is 981. The number of hydrogen-bond acceptors (Lipinski definition) is 4. The van der Waals surface area contributed by atoms with Crippen LogP contribution in [0.1, 0.15) is 5.56 Å². The fourth-order valence-corrected chi connectivity index (χ4v) is 2.97. The van der Waals surface area contributed by atoms with E-state index in [0.29, 0.717) is 23.1 Å². The summed E-state index contributed by atoms with van der Waals surface area (Å²) in [6.45, 7) is 0.581. The van der Waals surface area contributed by atoms with E-state index in [1.54, 1.807) is 26.3 Å². The van der Waals surface area contributed by atoms with Crippen LogP contribution < -0.4 is 10.1 Å². The van der Waals surface area contributed by atoms with Gasteiger partial charge in [0.05, 0.1) is 19.2 Å². The van der Waals surface area contributed by atoms with Crippen molar-refractivity contribution in [3.63, 3.8) is 0 Å². The number of hydrogen-bond donors (Lipinski definition) is 1. The number of benzene rings is 2. The van der Waals surface area contributed by atoms with Gasteiger partial charge in [-0.15, -0.1) is 0 Å². The summed E-state index contributed by atoms with van der Waals surface area (Å²) < 4.78 is 18.4. The van der Waals surface area contributed by atoms with E-state index in [1.807, 2.05) is 29.2 Å². The van der Waals surface area contributed by atoms with Crippen LogP contribution in [0.3, 0.4) is 0 Å². The van der Waals surface area contributed by atoms with Gasteiger partial charge in [-0.05, 0) is 43.4 Å². The van der Waals surface area contributed by atoms with Crippen molar-refractivity contribution >= 4 is 34.1 Å². The predicted octanol–water partition coefficient (Wildman–Crippen LogP) is 4.11. The average Bonchev–Trinajstić information content (AvgIpc) is 2.61. The molecule has 1 N–H and O–H groups in total. The van der Waals surface area contributed by atoms with Gasteiger partial charge in [-0.2, -0.15) is 0 Å². The highest BCUT2D eigenvalue weighted by Crippen LogP contribution is 2.25. The van der Waals surface area contributed by atoms with Crippen molar-refractivity contribution in [3.05, 3.63) is 65.1 Å². The molecule has 2 aromatic carbocycles. The van der Waals surface area contributed by atoms with Crippen LogP contribution in [0.2, 0.25) is 5.15 Å². The Balaban J connectivity index is 1.67. The maximum Gasteiger partial charge on any atom is 0.238 e. The van der Waals surface area contributed by atoms with Gasteiger partial charge < -0.3 is 10.1 Å². The van der Waals surface area contributed by atoms with Crippen molar-refractivity contribution in [1.82, 2.24) is 9.88 Å². The van der Waals surface area contributed by atoms with E-state index in [2.05, 4.69) is 10.3 Å². The summed E-state index contributed by atoms with van der Waals surface area (Å²) in [6.07, 6.45) is 0. The molecule has 7 heteroatoms. The molecule has 0 aliphatic rings. The number of carbonyl (C=O) groups excluding carboxylic acids is 1. The van der Waals surface area contributed by atoms with Crippen LogP contribution in [-0.2, 0) is 11.3 Å². The third-order valence-corrected chi connectivity index (χ3v) is 4.34. The zero-order valence-corrected chi connectivity index (χ0v) is 15.8. The van der Waals surface area contributed by atoms with Gasteiger partial charge >= 0.3 is 0 Å². The largest absolute Gasteiger partial charge is 0.497 e. The number of aromatic nitrogens is 1. The van der Waals surface area contributed by atoms with Crippen LogP contribution in [-0.4, -0.2) is 36.5 Å². The third-order valence-electron chi connectivity index (χ3n) is 4.01. The Morgan fingerprint density at radius 1 is 1.26 bits per heavy atom. The molecule has 0 unspecified atom stereocenters. The molecule has 0 spiro atoms.